The minimum atomic E-state index is -1.68. The Morgan fingerprint density at radius 3 is 2.21 bits per heavy atom. The second kappa shape index (κ2) is 4.20. The summed E-state index contributed by atoms with van der Waals surface area (Å²) in [5, 5.41) is 36.3. The van der Waals surface area contributed by atoms with E-state index in [0.717, 1.165) is 0 Å². The van der Waals surface area contributed by atoms with Crippen molar-refractivity contribution in [1.82, 2.24) is 0 Å². The molecule has 0 bridgehead atoms. The van der Waals surface area contributed by atoms with Crippen LogP contribution in [0.3, 0.4) is 0 Å². The first-order chi connectivity index (χ1) is 6.49. The molecule has 0 amide bonds. The van der Waals surface area contributed by atoms with Gasteiger partial charge in [0.25, 0.3) is 6.29 Å². The molecule has 7 nitrogen and oxygen atoms in total. The molecule has 1 saturated heterocycles. The molecule has 82 valence electrons. The van der Waals surface area contributed by atoms with E-state index in [9.17, 15) is 20.1 Å². The Morgan fingerprint density at radius 2 is 1.79 bits per heavy atom. The predicted molar refractivity (Wildman–Crippen MR) is 41.9 cm³/mol. The van der Waals surface area contributed by atoms with Gasteiger partial charge in [-0.25, -0.2) is 4.79 Å². The lowest BCUT2D eigenvalue weighted by Gasteiger charge is -2.36. The number of carbonyl (C=O) groups is 1. The maximum absolute atomic E-state index is 10.5. The molecule has 0 radical (unpaired) electrons. The summed E-state index contributed by atoms with van der Waals surface area (Å²) in [6.07, 6.45) is -7.61. The fourth-order valence-electron chi connectivity index (χ4n) is 1.22. The van der Waals surface area contributed by atoms with Gasteiger partial charge in [0.15, 0.2) is 12.2 Å². The summed E-state index contributed by atoms with van der Waals surface area (Å²) >= 11 is 0. The van der Waals surface area contributed by atoms with Crippen molar-refractivity contribution >= 4 is 5.97 Å². The van der Waals surface area contributed by atoms with Gasteiger partial charge in [-0.05, 0) is 0 Å². The first-order valence-electron chi connectivity index (χ1n) is 3.87. The van der Waals surface area contributed by atoms with E-state index in [1.807, 2.05) is 0 Å². The fraction of sp³-hybridized carbons (Fsp3) is 0.714. The molecule has 1 aliphatic rings. The van der Waals surface area contributed by atoms with Gasteiger partial charge in [-0.2, -0.15) is 0 Å². The largest absolute Gasteiger partial charge is 0.556 e. The van der Waals surface area contributed by atoms with E-state index in [-0.39, 0.29) is 0 Å². The molecule has 1 rings (SSSR count). The second-order valence-corrected chi connectivity index (χ2v) is 2.94. The van der Waals surface area contributed by atoms with Gasteiger partial charge in [-0.1, -0.05) is 7.11 Å². The third-order valence-electron chi connectivity index (χ3n) is 2.01. The highest BCUT2D eigenvalue weighted by Gasteiger charge is 2.48. The molecule has 0 spiro atoms. The van der Waals surface area contributed by atoms with E-state index < -0.39 is 36.7 Å². The third-order valence-corrected chi connectivity index (χ3v) is 2.01. The predicted octanol–water partition coefficient (Wildman–Crippen LogP) is -2.80. The zero-order valence-corrected chi connectivity index (χ0v) is 7.15. The number of carboxylic acid groups (broad SMARTS) is 1. The van der Waals surface area contributed by atoms with E-state index in [2.05, 4.69) is 11.8 Å². The molecule has 7 heteroatoms. The maximum atomic E-state index is 10.5. The van der Waals surface area contributed by atoms with E-state index in [1.165, 1.54) is 0 Å². The van der Waals surface area contributed by atoms with Crippen LogP contribution in [0.1, 0.15) is 0 Å². The Hall–Kier alpha value is -0.730. The van der Waals surface area contributed by atoms with Crippen molar-refractivity contribution in [2.75, 3.05) is 0 Å². The minimum absolute atomic E-state index is 1.24. The number of aliphatic hydroxyl groups is 5. The van der Waals surface area contributed by atoms with Gasteiger partial charge in [0, 0.05) is 0 Å². The van der Waals surface area contributed by atoms with Gasteiger partial charge in [0.05, 0.1) is 0 Å². The number of rotatable bonds is 2. The summed E-state index contributed by atoms with van der Waals surface area (Å²) in [5.74, 6) is -1.43. The number of aliphatic hydroxyl groups excluding tert-OH is 3. The summed E-state index contributed by atoms with van der Waals surface area (Å²) in [7, 11) is 3.07. The first-order valence-corrected chi connectivity index (χ1v) is 3.87. The molecule has 1 heterocycles. The molecule has 0 aromatic carbocycles. The fourth-order valence-corrected chi connectivity index (χ4v) is 1.22. The summed E-state index contributed by atoms with van der Waals surface area (Å²) in [4.78, 5) is 10.5. The Balaban J connectivity index is 2.78. The van der Waals surface area contributed by atoms with Crippen LogP contribution in [0.2, 0.25) is 0 Å². The van der Waals surface area contributed by atoms with Crippen molar-refractivity contribution in [3.8, 4) is 0 Å². The summed E-state index contributed by atoms with van der Waals surface area (Å²) < 4.78 is 7.99. The monoisotopic (exact) mass is 208 g/mol. The van der Waals surface area contributed by atoms with Gasteiger partial charge in [-0.3, -0.25) is 4.74 Å². The molecular weight excluding hydrogens is 196 g/mol. The average molecular weight is 208 g/mol. The number of aliphatic carboxylic acids is 1. The topological polar surface area (TPSA) is 120 Å². The molecule has 1 fully saturated rings. The van der Waals surface area contributed by atoms with Crippen molar-refractivity contribution in [2.24, 2.45) is 0 Å². The molecular formula is C7H12O7. The van der Waals surface area contributed by atoms with Crippen LogP contribution in [0.25, 0.3) is 0 Å². The van der Waals surface area contributed by atoms with Crippen molar-refractivity contribution in [2.45, 2.75) is 30.7 Å². The van der Waals surface area contributed by atoms with Crippen LogP contribution in [0, 0.1) is 7.11 Å². The molecule has 0 aromatic heterocycles. The van der Waals surface area contributed by atoms with Gasteiger partial charge < -0.3 is 25.2 Å². The van der Waals surface area contributed by atoms with Crippen LogP contribution in [-0.4, -0.2) is 61.8 Å². The second-order valence-electron chi connectivity index (χ2n) is 2.94. The van der Waals surface area contributed by atoms with Crippen molar-refractivity contribution in [3.05, 3.63) is 7.11 Å². The molecule has 1 aliphatic heterocycles. The lowest BCUT2D eigenvalue weighted by molar-refractivity contribution is -0.321. The third kappa shape index (κ3) is 1.86. The number of ether oxygens (including phenoxy) is 2. The number of carboxylic acids is 1. The van der Waals surface area contributed by atoms with Gasteiger partial charge in [-0.15, -0.1) is 0 Å². The molecule has 0 aliphatic carbocycles. The van der Waals surface area contributed by atoms with Crippen LogP contribution in [0.4, 0.5) is 0 Å². The highest BCUT2D eigenvalue weighted by molar-refractivity contribution is 5.73. The van der Waals surface area contributed by atoms with Crippen molar-refractivity contribution in [3.63, 3.8) is 0 Å². The lowest BCUT2D eigenvalue weighted by Crippen LogP contribution is -2.60. The van der Waals surface area contributed by atoms with E-state index >= 15 is 0 Å². The average Bonchev–Trinajstić information content (AvgIpc) is 2.14. The van der Waals surface area contributed by atoms with Crippen LogP contribution < -0.4 is 0 Å². The number of hydrogen-bond donors (Lipinski definition) is 4. The Labute approximate surface area is 79.5 Å². The lowest BCUT2D eigenvalue weighted by atomic mass is 9.99. The summed E-state index contributed by atoms with van der Waals surface area (Å²) in [6, 6.07) is 0. The Morgan fingerprint density at radius 1 is 1.21 bits per heavy atom. The summed E-state index contributed by atoms with van der Waals surface area (Å²) in [5.41, 5.74) is 0. The van der Waals surface area contributed by atoms with E-state index in [0.29, 0.717) is 0 Å². The standard InChI is InChI=1S/C7H12O7/c1-13-7-4(10)2(8)3(9)5(14-7)6(11)12/h2-5,7-10,13H,1H2,(H,11,12)/t2-,3-,4+,5-,7+/m0/s1. The molecule has 5 N–H and O–H groups in total. The quantitative estimate of drug-likeness (QED) is 0.287. The van der Waals surface area contributed by atoms with Crippen molar-refractivity contribution < 1.29 is 34.7 Å². The van der Waals surface area contributed by atoms with Crippen LogP contribution in [-0.2, 0) is 9.53 Å². The smallest absolute Gasteiger partial charge is 0.336 e. The zero-order valence-electron chi connectivity index (χ0n) is 7.15. The van der Waals surface area contributed by atoms with E-state index in [1.54, 1.807) is 0 Å². The van der Waals surface area contributed by atoms with Gasteiger partial charge in [0.2, 0.25) is 0 Å². The van der Waals surface area contributed by atoms with Crippen LogP contribution >= 0.6 is 0 Å². The molecule has 5 atom stereocenters. The maximum Gasteiger partial charge on any atom is 0.336 e. The van der Waals surface area contributed by atoms with Gasteiger partial charge >= 0.3 is 5.97 Å². The summed E-state index contributed by atoms with van der Waals surface area (Å²) in [6.45, 7) is 0. The highest BCUT2D eigenvalue weighted by Crippen LogP contribution is 2.20. The molecule has 0 saturated carbocycles. The molecule has 0 unspecified atom stereocenters. The Bertz CT molecular complexity index is 216. The Kier molecular flexibility index (Phi) is 3.40. The van der Waals surface area contributed by atoms with Gasteiger partial charge in [0.1, 0.15) is 12.2 Å². The van der Waals surface area contributed by atoms with E-state index in [4.69, 9.17) is 9.84 Å². The zero-order chi connectivity index (χ0) is 10.9. The molecule has 14 heavy (non-hydrogen) atoms. The minimum Gasteiger partial charge on any atom is -0.556 e. The first kappa shape index (κ1) is 11.3. The SMILES string of the molecule is [CH2-][OH+][C@@H]1O[C@H](C(=O)O)[C@@H](O)[C@H](O)[C@H]1O. The molecule has 0 aromatic rings. The van der Waals surface area contributed by atoms with Crippen molar-refractivity contribution in [1.29, 1.82) is 0 Å². The highest BCUT2D eigenvalue weighted by atomic mass is 16.7. The van der Waals surface area contributed by atoms with Crippen LogP contribution in [0.5, 0.6) is 0 Å². The van der Waals surface area contributed by atoms with Crippen LogP contribution in [0.15, 0.2) is 0 Å². The number of hydrogen-bond acceptors (Lipinski definition) is 5. The normalized spacial score (nSPS) is 43.6.